The molecule has 7 heteroatoms. The number of aromatic nitrogens is 1. The second kappa shape index (κ2) is 10.6. The average molecular weight is 415 g/mol. The van der Waals surface area contributed by atoms with Crippen LogP contribution in [0.4, 0.5) is 5.82 Å². The van der Waals surface area contributed by atoms with E-state index in [1.807, 2.05) is 12.3 Å². The molecule has 30 heavy (non-hydrogen) atoms. The Balaban J connectivity index is 1.65. The third-order valence-electron chi connectivity index (χ3n) is 6.86. The molecule has 1 saturated heterocycles. The van der Waals surface area contributed by atoms with Gasteiger partial charge in [0.15, 0.2) is 5.96 Å². The Morgan fingerprint density at radius 3 is 2.63 bits per heavy atom. The van der Waals surface area contributed by atoms with E-state index >= 15 is 0 Å². The average Bonchev–Trinajstić information content (AvgIpc) is 3.25. The fourth-order valence-electron chi connectivity index (χ4n) is 4.77. The molecule has 0 spiro atoms. The maximum absolute atomic E-state index is 11.5. The van der Waals surface area contributed by atoms with E-state index in [1.54, 1.807) is 0 Å². The highest BCUT2D eigenvalue weighted by atomic mass is 16.1. The number of pyridine rings is 1. The number of nitrogens with one attached hydrogen (secondary N) is 2. The number of primary amides is 1. The van der Waals surface area contributed by atoms with Crippen LogP contribution in [0.3, 0.4) is 0 Å². The van der Waals surface area contributed by atoms with Crippen molar-refractivity contribution in [2.75, 3.05) is 31.1 Å². The minimum absolute atomic E-state index is 0.0162. The van der Waals surface area contributed by atoms with Crippen LogP contribution in [0.1, 0.15) is 64.4 Å². The maximum atomic E-state index is 11.5. The Hall–Kier alpha value is -2.31. The fraction of sp³-hybridized carbons (Fsp3) is 0.696. The van der Waals surface area contributed by atoms with Crippen molar-refractivity contribution >= 4 is 17.7 Å². The molecule has 3 rings (SSSR count). The van der Waals surface area contributed by atoms with E-state index in [1.165, 1.54) is 32.1 Å². The molecule has 0 radical (unpaired) electrons. The first-order valence-corrected chi connectivity index (χ1v) is 11.6. The predicted octanol–water partition coefficient (Wildman–Crippen LogP) is 2.81. The van der Waals surface area contributed by atoms with Gasteiger partial charge >= 0.3 is 0 Å². The second-order valence-electron chi connectivity index (χ2n) is 8.76. The molecule has 0 unspecified atom stereocenters. The van der Waals surface area contributed by atoms with E-state index in [-0.39, 0.29) is 11.8 Å². The van der Waals surface area contributed by atoms with Crippen LogP contribution < -0.4 is 21.3 Å². The van der Waals surface area contributed by atoms with Gasteiger partial charge in [0.05, 0.1) is 6.54 Å². The highest BCUT2D eigenvalue weighted by molar-refractivity contribution is 5.80. The van der Waals surface area contributed by atoms with Gasteiger partial charge in [-0.15, -0.1) is 0 Å². The molecule has 0 aromatic carbocycles. The summed E-state index contributed by atoms with van der Waals surface area (Å²) in [6.07, 6.45) is 9.93. The zero-order chi connectivity index (χ0) is 21.4. The number of amides is 1. The molecular weight excluding hydrogens is 376 g/mol. The number of carbonyl (C=O) groups excluding carboxylic acids is 1. The van der Waals surface area contributed by atoms with Gasteiger partial charge in [-0.2, -0.15) is 0 Å². The van der Waals surface area contributed by atoms with Crippen molar-refractivity contribution in [2.45, 2.75) is 65.3 Å². The van der Waals surface area contributed by atoms with Crippen molar-refractivity contribution in [2.24, 2.45) is 22.1 Å². The molecule has 1 aromatic heterocycles. The number of hydrogen-bond acceptors (Lipinski definition) is 4. The highest BCUT2D eigenvalue weighted by Gasteiger charge is 2.32. The van der Waals surface area contributed by atoms with Crippen molar-refractivity contribution < 1.29 is 4.79 Å². The van der Waals surface area contributed by atoms with Crippen molar-refractivity contribution in [3.63, 3.8) is 0 Å². The number of rotatable bonds is 8. The van der Waals surface area contributed by atoms with Crippen LogP contribution in [0, 0.1) is 11.3 Å². The van der Waals surface area contributed by atoms with Crippen LogP contribution in [0.25, 0.3) is 0 Å². The van der Waals surface area contributed by atoms with Crippen LogP contribution >= 0.6 is 0 Å². The molecule has 1 aromatic rings. The first-order chi connectivity index (χ1) is 14.6. The number of nitrogens with zero attached hydrogens (tertiary/aromatic N) is 3. The summed E-state index contributed by atoms with van der Waals surface area (Å²) in [5, 5.41) is 6.98. The quantitative estimate of drug-likeness (QED) is 0.449. The van der Waals surface area contributed by atoms with Gasteiger partial charge in [-0.25, -0.2) is 9.98 Å². The van der Waals surface area contributed by atoms with Crippen molar-refractivity contribution in [1.82, 2.24) is 15.6 Å². The molecule has 2 fully saturated rings. The predicted molar refractivity (Wildman–Crippen MR) is 122 cm³/mol. The molecule has 1 aliphatic heterocycles. The standard InChI is InChI=1S/C23H38N6O/c1-3-23(11-5-6-12-23)17-28-22(25-4-2)27-16-19-8-7-13-26-21(19)29-14-9-18(10-15-29)20(24)30/h7-8,13,18H,3-6,9-12,14-17H2,1-2H3,(H2,24,30)(H2,25,27,28). The Kier molecular flexibility index (Phi) is 7.94. The van der Waals surface area contributed by atoms with E-state index in [9.17, 15) is 4.79 Å². The zero-order valence-corrected chi connectivity index (χ0v) is 18.6. The Bertz CT molecular complexity index is 720. The first kappa shape index (κ1) is 22.4. The monoisotopic (exact) mass is 414 g/mol. The SMILES string of the molecule is CCNC(=NCc1cccnc1N1CCC(C(N)=O)CC1)NCC1(CC)CCCC1. The summed E-state index contributed by atoms with van der Waals surface area (Å²) in [5.41, 5.74) is 7.01. The van der Waals surface area contributed by atoms with Gasteiger partial charge in [0.2, 0.25) is 5.91 Å². The van der Waals surface area contributed by atoms with Crippen LogP contribution in [0.5, 0.6) is 0 Å². The van der Waals surface area contributed by atoms with Crippen molar-refractivity contribution in [3.8, 4) is 0 Å². The molecular formula is C23H38N6O. The van der Waals surface area contributed by atoms with Gasteiger partial charge in [0.25, 0.3) is 0 Å². The third-order valence-corrected chi connectivity index (χ3v) is 6.86. The van der Waals surface area contributed by atoms with Gasteiger partial charge in [-0.1, -0.05) is 25.8 Å². The lowest BCUT2D eigenvalue weighted by Gasteiger charge is -2.32. The van der Waals surface area contributed by atoms with E-state index in [0.29, 0.717) is 12.0 Å². The highest BCUT2D eigenvalue weighted by Crippen LogP contribution is 2.40. The molecule has 2 aliphatic rings. The Morgan fingerprint density at radius 2 is 2.00 bits per heavy atom. The summed E-state index contributed by atoms with van der Waals surface area (Å²) >= 11 is 0. The largest absolute Gasteiger partial charge is 0.369 e. The summed E-state index contributed by atoms with van der Waals surface area (Å²) in [6, 6.07) is 4.07. The fourth-order valence-corrected chi connectivity index (χ4v) is 4.77. The molecule has 2 heterocycles. The summed E-state index contributed by atoms with van der Waals surface area (Å²) in [4.78, 5) is 23.2. The molecule has 1 saturated carbocycles. The second-order valence-corrected chi connectivity index (χ2v) is 8.76. The molecule has 0 atom stereocenters. The molecule has 4 N–H and O–H groups in total. The summed E-state index contributed by atoms with van der Waals surface area (Å²) in [6.45, 7) is 8.41. The number of piperidine rings is 1. The smallest absolute Gasteiger partial charge is 0.220 e. The van der Waals surface area contributed by atoms with Gasteiger partial charge < -0.3 is 21.3 Å². The van der Waals surface area contributed by atoms with Crippen molar-refractivity contribution in [3.05, 3.63) is 23.9 Å². The van der Waals surface area contributed by atoms with E-state index in [0.717, 1.165) is 56.4 Å². The molecule has 166 valence electrons. The maximum Gasteiger partial charge on any atom is 0.220 e. The van der Waals surface area contributed by atoms with Crippen molar-refractivity contribution in [1.29, 1.82) is 0 Å². The number of anilines is 1. The van der Waals surface area contributed by atoms with Crippen LogP contribution in [0.2, 0.25) is 0 Å². The summed E-state index contributed by atoms with van der Waals surface area (Å²) in [7, 11) is 0. The number of carbonyl (C=O) groups is 1. The number of aliphatic imine (C=N–C) groups is 1. The van der Waals surface area contributed by atoms with E-state index in [2.05, 4.69) is 40.4 Å². The minimum Gasteiger partial charge on any atom is -0.369 e. The topological polar surface area (TPSA) is 95.6 Å². The Labute approximate surface area is 180 Å². The molecule has 1 amide bonds. The van der Waals surface area contributed by atoms with Gasteiger partial charge in [0, 0.05) is 43.9 Å². The molecule has 0 bridgehead atoms. The first-order valence-electron chi connectivity index (χ1n) is 11.6. The third kappa shape index (κ3) is 5.64. The van der Waals surface area contributed by atoms with Crippen LogP contribution in [-0.2, 0) is 11.3 Å². The lowest BCUT2D eigenvalue weighted by Crippen LogP contribution is -2.43. The number of guanidine groups is 1. The normalized spacial score (nSPS) is 19.7. The van der Waals surface area contributed by atoms with Gasteiger partial charge in [0.1, 0.15) is 5.82 Å². The summed E-state index contributed by atoms with van der Waals surface area (Å²) < 4.78 is 0. The lowest BCUT2D eigenvalue weighted by atomic mass is 9.83. The van der Waals surface area contributed by atoms with Gasteiger partial charge in [-0.3, -0.25) is 4.79 Å². The molecule has 7 nitrogen and oxygen atoms in total. The zero-order valence-electron chi connectivity index (χ0n) is 18.6. The minimum atomic E-state index is -0.186. The Morgan fingerprint density at radius 1 is 1.27 bits per heavy atom. The lowest BCUT2D eigenvalue weighted by molar-refractivity contribution is -0.122. The van der Waals surface area contributed by atoms with Crippen LogP contribution in [-0.4, -0.2) is 43.0 Å². The summed E-state index contributed by atoms with van der Waals surface area (Å²) in [5.74, 6) is 1.65. The van der Waals surface area contributed by atoms with E-state index in [4.69, 9.17) is 10.7 Å². The number of hydrogen-bond donors (Lipinski definition) is 3. The van der Waals surface area contributed by atoms with Crippen LogP contribution in [0.15, 0.2) is 23.3 Å². The van der Waals surface area contributed by atoms with E-state index < -0.39 is 0 Å². The molecule has 1 aliphatic carbocycles. The van der Waals surface area contributed by atoms with Gasteiger partial charge in [-0.05, 0) is 50.5 Å². The number of nitrogens with two attached hydrogens (primary N) is 1.